The van der Waals surface area contributed by atoms with Gasteiger partial charge in [0, 0.05) is 6.42 Å². The van der Waals surface area contributed by atoms with Gasteiger partial charge in [0.1, 0.15) is 19.6 Å². The maximum Gasteiger partial charge on any atom is 0.306 e. The van der Waals surface area contributed by atoms with E-state index in [9.17, 15) is 4.79 Å². The van der Waals surface area contributed by atoms with Gasteiger partial charge in [-0.25, -0.2) is 0 Å². The largest absolute Gasteiger partial charge is 0.454 e. The SMILES string of the molecule is CCCC(=O)OC(COCc1ccccc1)C[N+]1(C)CCOCC1. The maximum absolute atomic E-state index is 11.9. The number of quaternary nitrogens is 1. The standard InChI is InChI=1S/C19H30NO4/c1-3-7-19(21)24-18(14-20(2)10-12-22-13-11-20)16-23-15-17-8-5-4-6-9-17/h4-6,8-9,18H,3,7,10-16H2,1-2H3/q+1. The molecule has 2 rings (SSSR count). The average Bonchev–Trinajstić information content (AvgIpc) is 2.56. The Hall–Kier alpha value is -1.43. The summed E-state index contributed by atoms with van der Waals surface area (Å²) in [5, 5.41) is 0. The third kappa shape index (κ3) is 6.59. The normalized spacial score (nSPS) is 18.1. The Balaban J connectivity index is 1.87. The molecule has 0 aromatic heterocycles. The second kappa shape index (κ2) is 9.77. The first-order valence-electron chi connectivity index (χ1n) is 8.84. The number of ether oxygens (including phenoxy) is 3. The number of hydrogen-bond donors (Lipinski definition) is 0. The fraction of sp³-hybridized carbons (Fsp3) is 0.632. The van der Waals surface area contributed by atoms with Crippen molar-refractivity contribution in [2.45, 2.75) is 32.5 Å². The Kier molecular flexibility index (Phi) is 7.69. The van der Waals surface area contributed by atoms with Crippen LogP contribution in [-0.2, 0) is 25.6 Å². The zero-order valence-corrected chi connectivity index (χ0v) is 14.9. The Morgan fingerprint density at radius 3 is 2.62 bits per heavy atom. The Morgan fingerprint density at radius 2 is 1.96 bits per heavy atom. The summed E-state index contributed by atoms with van der Waals surface area (Å²) in [7, 11) is 2.19. The monoisotopic (exact) mass is 336 g/mol. The van der Waals surface area contributed by atoms with Gasteiger partial charge in [-0.05, 0) is 12.0 Å². The number of rotatable bonds is 9. The molecule has 1 atom stereocenters. The summed E-state index contributed by atoms with van der Waals surface area (Å²) in [6, 6.07) is 10.1. The quantitative estimate of drug-likeness (QED) is 0.513. The average molecular weight is 336 g/mol. The third-order valence-corrected chi connectivity index (χ3v) is 4.36. The van der Waals surface area contributed by atoms with E-state index < -0.39 is 0 Å². The van der Waals surface area contributed by atoms with Crippen LogP contribution in [0.25, 0.3) is 0 Å². The molecule has 5 nitrogen and oxygen atoms in total. The van der Waals surface area contributed by atoms with E-state index in [1.807, 2.05) is 37.3 Å². The number of hydrogen-bond acceptors (Lipinski definition) is 4. The minimum Gasteiger partial charge on any atom is -0.454 e. The number of morpholine rings is 1. The van der Waals surface area contributed by atoms with E-state index in [0.29, 0.717) is 19.6 Å². The first-order chi connectivity index (χ1) is 11.6. The number of esters is 1. The molecule has 1 aliphatic heterocycles. The van der Waals surface area contributed by atoms with E-state index >= 15 is 0 Å². The molecule has 0 bridgehead atoms. The van der Waals surface area contributed by atoms with Gasteiger partial charge in [0.05, 0.1) is 33.5 Å². The topological polar surface area (TPSA) is 44.8 Å². The lowest BCUT2D eigenvalue weighted by molar-refractivity contribution is -0.919. The zero-order valence-electron chi connectivity index (χ0n) is 14.9. The molecule has 0 radical (unpaired) electrons. The van der Waals surface area contributed by atoms with E-state index in [-0.39, 0.29) is 12.1 Å². The summed E-state index contributed by atoms with van der Waals surface area (Å²) in [4.78, 5) is 11.9. The maximum atomic E-state index is 11.9. The number of benzene rings is 1. The van der Waals surface area contributed by atoms with Crippen molar-refractivity contribution in [2.75, 3.05) is 46.5 Å². The van der Waals surface area contributed by atoms with Crippen molar-refractivity contribution in [3.8, 4) is 0 Å². The summed E-state index contributed by atoms with van der Waals surface area (Å²) in [5.74, 6) is -0.134. The number of carbonyl (C=O) groups is 1. The van der Waals surface area contributed by atoms with Gasteiger partial charge in [-0.3, -0.25) is 4.79 Å². The fourth-order valence-electron chi connectivity index (χ4n) is 2.91. The van der Waals surface area contributed by atoms with E-state index in [4.69, 9.17) is 14.2 Å². The molecule has 1 saturated heterocycles. The van der Waals surface area contributed by atoms with Gasteiger partial charge in [0.2, 0.25) is 0 Å². The molecule has 0 spiro atoms. The van der Waals surface area contributed by atoms with E-state index in [2.05, 4.69) is 7.05 Å². The van der Waals surface area contributed by atoms with Crippen molar-refractivity contribution >= 4 is 5.97 Å². The van der Waals surface area contributed by atoms with E-state index in [1.165, 1.54) is 0 Å². The van der Waals surface area contributed by atoms with Gasteiger partial charge in [-0.1, -0.05) is 37.3 Å². The molecule has 0 N–H and O–H groups in total. The van der Waals surface area contributed by atoms with Gasteiger partial charge < -0.3 is 18.7 Å². The van der Waals surface area contributed by atoms with Crippen LogP contribution in [0.2, 0.25) is 0 Å². The van der Waals surface area contributed by atoms with Gasteiger partial charge in [-0.15, -0.1) is 0 Å². The van der Waals surface area contributed by atoms with Crippen LogP contribution in [0.1, 0.15) is 25.3 Å². The smallest absolute Gasteiger partial charge is 0.306 e. The van der Waals surface area contributed by atoms with Gasteiger partial charge in [0.15, 0.2) is 6.10 Å². The summed E-state index contributed by atoms with van der Waals surface area (Å²) in [6.07, 6.45) is 1.05. The summed E-state index contributed by atoms with van der Waals surface area (Å²) >= 11 is 0. The molecule has 1 aromatic rings. The van der Waals surface area contributed by atoms with Gasteiger partial charge in [-0.2, -0.15) is 0 Å². The highest BCUT2D eigenvalue weighted by atomic mass is 16.6. The summed E-state index contributed by atoms with van der Waals surface area (Å²) < 4.78 is 17.8. The lowest BCUT2D eigenvalue weighted by Gasteiger charge is -2.39. The minimum absolute atomic E-state index is 0.134. The molecule has 0 saturated carbocycles. The lowest BCUT2D eigenvalue weighted by Crippen LogP contribution is -2.56. The highest BCUT2D eigenvalue weighted by Gasteiger charge is 2.31. The molecule has 1 aliphatic rings. The lowest BCUT2D eigenvalue weighted by atomic mass is 10.2. The summed E-state index contributed by atoms with van der Waals surface area (Å²) in [5.41, 5.74) is 1.13. The predicted octanol–water partition coefficient (Wildman–Crippen LogP) is 2.39. The third-order valence-electron chi connectivity index (χ3n) is 4.36. The number of likely N-dealkylation sites (N-methyl/N-ethyl adjacent to an activating group) is 1. The van der Waals surface area contributed by atoms with Crippen molar-refractivity contribution in [3.05, 3.63) is 35.9 Å². The first kappa shape index (κ1) is 18.9. The second-order valence-corrected chi connectivity index (χ2v) is 6.72. The zero-order chi connectivity index (χ0) is 17.3. The first-order valence-corrected chi connectivity index (χ1v) is 8.84. The van der Waals surface area contributed by atoms with Crippen LogP contribution in [0.3, 0.4) is 0 Å². The summed E-state index contributed by atoms with van der Waals surface area (Å²) in [6.45, 7) is 7.13. The molecule has 24 heavy (non-hydrogen) atoms. The molecule has 1 fully saturated rings. The van der Waals surface area contributed by atoms with Crippen molar-refractivity contribution in [3.63, 3.8) is 0 Å². The van der Waals surface area contributed by atoms with Crippen molar-refractivity contribution in [1.82, 2.24) is 0 Å². The molecule has 1 heterocycles. The number of nitrogens with zero attached hydrogens (tertiary/aromatic N) is 1. The van der Waals surface area contributed by atoms with E-state index in [0.717, 1.165) is 49.3 Å². The molecule has 0 aliphatic carbocycles. The molecule has 1 aromatic carbocycles. The van der Waals surface area contributed by atoms with Crippen LogP contribution >= 0.6 is 0 Å². The van der Waals surface area contributed by atoms with Gasteiger partial charge >= 0.3 is 5.97 Å². The van der Waals surface area contributed by atoms with E-state index in [1.54, 1.807) is 0 Å². The van der Waals surface area contributed by atoms with Crippen molar-refractivity contribution in [2.24, 2.45) is 0 Å². The highest BCUT2D eigenvalue weighted by Crippen LogP contribution is 2.12. The van der Waals surface area contributed by atoms with Crippen LogP contribution < -0.4 is 0 Å². The predicted molar refractivity (Wildman–Crippen MR) is 92.5 cm³/mol. The highest BCUT2D eigenvalue weighted by molar-refractivity contribution is 5.69. The van der Waals surface area contributed by atoms with Crippen LogP contribution in [0.15, 0.2) is 30.3 Å². The molecular formula is C19H30NO4+. The van der Waals surface area contributed by atoms with Crippen LogP contribution in [0, 0.1) is 0 Å². The Bertz CT molecular complexity index is 485. The molecule has 0 amide bonds. The van der Waals surface area contributed by atoms with Crippen LogP contribution in [-0.4, -0.2) is 63.1 Å². The van der Waals surface area contributed by atoms with Crippen molar-refractivity contribution in [1.29, 1.82) is 0 Å². The molecule has 134 valence electrons. The minimum atomic E-state index is -0.212. The fourth-order valence-corrected chi connectivity index (χ4v) is 2.91. The molecule has 5 heteroatoms. The van der Waals surface area contributed by atoms with Crippen LogP contribution in [0.4, 0.5) is 0 Å². The second-order valence-electron chi connectivity index (χ2n) is 6.72. The Morgan fingerprint density at radius 1 is 1.25 bits per heavy atom. The van der Waals surface area contributed by atoms with Crippen molar-refractivity contribution < 1.29 is 23.5 Å². The van der Waals surface area contributed by atoms with Crippen LogP contribution in [0.5, 0.6) is 0 Å². The number of carbonyl (C=O) groups excluding carboxylic acids is 1. The van der Waals surface area contributed by atoms with Gasteiger partial charge in [0.25, 0.3) is 0 Å². The molecule has 1 unspecified atom stereocenters. The molecular weight excluding hydrogens is 306 g/mol. The Labute approximate surface area is 145 Å².